The molecule has 1 nitrogen and oxygen atoms in total. The summed E-state index contributed by atoms with van der Waals surface area (Å²) in [5.74, 6) is 0. The largest absolute Gasteiger partial charge is 0.385 e. The summed E-state index contributed by atoms with van der Waals surface area (Å²) in [6.07, 6.45) is 4.17. The van der Waals surface area contributed by atoms with Gasteiger partial charge in [0, 0.05) is 0 Å². The van der Waals surface area contributed by atoms with Gasteiger partial charge in [-0.3, -0.25) is 0 Å². The topological polar surface area (TPSA) is 20.2 Å². The van der Waals surface area contributed by atoms with E-state index in [1.54, 1.807) is 0 Å². The minimum absolute atomic E-state index is 0.530. The molecule has 1 heteroatoms. The molecule has 1 fully saturated rings. The SMILES string of the molecule is CC.Cc1ccc(C2(O)CCCC2)c(C)c1. The van der Waals surface area contributed by atoms with Gasteiger partial charge in [-0.15, -0.1) is 0 Å². The molecule has 0 unspecified atom stereocenters. The van der Waals surface area contributed by atoms with E-state index in [9.17, 15) is 5.11 Å². The second kappa shape index (κ2) is 5.49. The summed E-state index contributed by atoms with van der Waals surface area (Å²) in [6, 6.07) is 6.35. The highest BCUT2D eigenvalue weighted by molar-refractivity contribution is 5.35. The molecule has 0 spiro atoms. The Balaban J connectivity index is 0.000000606. The van der Waals surface area contributed by atoms with Crippen LogP contribution in [0.25, 0.3) is 0 Å². The van der Waals surface area contributed by atoms with Crippen molar-refractivity contribution in [3.05, 3.63) is 34.9 Å². The molecule has 1 aromatic carbocycles. The van der Waals surface area contributed by atoms with E-state index < -0.39 is 5.60 Å². The highest BCUT2D eigenvalue weighted by atomic mass is 16.3. The van der Waals surface area contributed by atoms with Crippen molar-refractivity contribution in [3.63, 3.8) is 0 Å². The lowest BCUT2D eigenvalue weighted by Gasteiger charge is -2.24. The molecular weight excluding hydrogens is 196 g/mol. The lowest BCUT2D eigenvalue weighted by atomic mass is 9.88. The van der Waals surface area contributed by atoms with Crippen molar-refractivity contribution < 1.29 is 5.11 Å². The third kappa shape index (κ3) is 2.65. The molecule has 16 heavy (non-hydrogen) atoms. The molecule has 90 valence electrons. The smallest absolute Gasteiger partial charge is 0.0899 e. The third-order valence-corrected chi connectivity index (χ3v) is 3.31. The maximum Gasteiger partial charge on any atom is 0.0899 e. The van der Waals surface area contributed by atoms with Crippen LogP contribution in [0.1, 0.15) is 56.2 Å². The van der Waals surface area contributed by atoms with Gasteiger partial charge in [0.15, 0.2) is 0 Å². The fourth-order valence-corrected chi connectivity index (χ4v) is 2.56. The lowest BCUT2D eigenvalue weighted by Crippen LogP contribution is -2.22. The van der Waals surface area contributed by atoms with Crippen LogP contribution in [-0.2, 0) is 5.60 Å². The first-order chi connectivity index (χ1) is 7.62. The van der Waals surface area contributed by atoms with Crippen LogP contribution in [0.5, 0.6) is 0 Å². The van der Waals surface area contributed by atoms with Crippen molar-refractivity contribution in [1.29, 1.82) is 0 Å². The van der Waals surface area contributed by atoms with Crippen LogP contribution >= 0.6 is 0 Å². The van der Waals surface area contributed by atoms with E-state index in [2.05, 4.69) is 32.0 Å². The highest BCUT2D eigenvalue weighted by Crippen LogP contribution is 2.39. The average Bonchev–Trinajstić information content (AvgIpc) is 2.69. The van der Waals surface area contributed by atoms with Crippen molar-refractivity contribution >= 4 is 0 Å². The van der Waals surface area contributed by atoms with Crippen molar-refractivity contribution in [2.45, 2.75) is 59.0 Å². The zero-order valence-corrected chi connectivity index (χ0v) is 11.0. The number of aliphatic hydroxyl groups is 1. The van der Waals surface area contributed by atoms with E-state index in [4.69, 9.17) is 0 Å². The molecule has 0 saturated heterocycles. The normalized spacial score (nSPS) is 17.8. The predicted molar refractivity (Wildman–Crippen MR) is 69.6 cm³/mol. The van der Waals surface area contributed by atoms with Crippen LogP contribution < -0.4 is 0 Å². The Hall–Kier alpha value is -0.820. The highest BCUT2D eigenvalue weighted by Gasteiger charge is 2.33. The summed E-state index contributed by atoms with van der Waals surface area (Å²) in [6.45, 7) is 8.19. The van der Waals surface area contributed by atoms with Crippen LogP contribution in [0, 0.1) is 13.8 Å². The van der Waals surface area contributed by atoms with Crippen LogP contribution in [0.2, 0.25) is 0 Å². The van der Waals surface area contributed by atoms with Crippen molar-refractivity contribution in [3.8, 4) is 0 Å². The van der Waals surface area contributed by atoms with Gasteiger partial charge in [-0.1, -0.05) is 50.5 Å². The van der Waals surface area contributed by atoms with E-state index in [0.29, 0.717) is 0 Å². The van der Waals surface area contributed by atoms with E-state index in [-0.39, 0.29) is 0 Å². The van der Waals surface area contributed by atoms with Gasteiger partial charge in [-0.05, 0) is 37.8 Å². The summed E-state index contributed by atoms with van der Waals surface area (Å²) < 4.78 is 0. The first-order valence-electron chi connectivity index (χ1n) is 6.42. The van der Waals surface area contributed by atoms with Gasteiger partial charge < -0.3 is 5.11 Å². The average molecular weight is 220 g/mol. The molecule has 0 aliphatic heterocycles. The van der Waals surface area contributed by atoms with Crippen LogP contribution in [0.3, 0.4) is 0 Å². The molecule has 0 aromatic heterocycles. The molecule has 0 bridgehead atoms. The van der Waals surface area contributed by atoms with E-state index >= 15 is 0 Å². The summed E-state index contributed by atoms with van der Waals surface area (Å²) in [7, 11) is 0. The van der Waals surface area contributed by atoms with Crippen LogP contribution in [-0.4, -0.2) is 5.11 Å². The summed E-state index contributed by atoms with van der Waals surface area (Å²) in [5, 5.41) is 10.4. The fraction of sp³-hybridized carbons (Fsp3) is 0.600. The second-order valence-corrected chi connectivity index (χ2v) is 4.56. The molecule has 0 atom stereocenters. The van der Waals surface area contributed by atoms with E-state index in [1.165, 1.54) is 11.1 Å². The fourth-order valence-electron chi connectivity index (χ4n) is 2.56. The Morgan fingerprint density at radius 3 is 2.12 bits per heavy atom. The number of aryl methyl sites for hydroxylation is 2. The minimum atomic E-state index is -0.530. The minimum Gasteiger partial charge on any atom is -0.385 e. The Labute approximate surface area is 99.5 Å². The Bertz CT molecular complexity index is 335. The summed E-state index contributed by atoms with van der Waals surface area (Å²) in [5.41, 5.74) is 3.11. The third-order valence-electron chi connectivity index (χ3n) is 3.31. The predicted octanol–water partition coefficient (Wildman–Crippen LogP) is 4.09. The Morgan fingerprint density at radius 1 is 1.06 bits per heavy atom. The van der Waals surface area contributed by atoms with Crippen LogP contribution in [0.4, 0.5) is 0 Å². The molecule has 0 heterocycles. The molecule has 0 amide bonds. The van der Waals surface area contributed by atoms with Gasteiger partial charge >= 0.3 is 0 Å². The lowest BCUT2D eigenvalue weighted by molar-refractivity contribution is 0.0438. The van der Waals surface area contributed by atoms with E-state index in [0.717, 1.165) is 31.2 Å². The molecule has 1 aliphatic rings. The van der Waals surface area contributed by atoms with Gasteiger partial charge in [-0.25, -0.2) is 0 Å². The molecular formula is C15H24O. The van der Waals surface area contributed by atoms with Gasteiger partial charge in [0.25, 0.3) is 0 Å². The standard InChI is InChI=1S/C13H18O.C2H6/c1-10-5-6-12(11(2)9-10)13(14)7-3-4-8-13;1-2/h5-6,9,14H,3-4,7-8H2,1-2H3;1-2H3. The number of hydrogen-bond donors (Lipinski definition) is 1. The number of rotatable bonds is 1. The summed E-state index contributed by atoms with van der Waals surface area (Å²) >= 11 is 0. The summed E-state index contributed by atoms with van der Waals surface area (Å²) in [4.78, 5) is 0. The number of hydrogen-bond acceptors (Lipinski definition) is 1. The molecule has 0 radical (unpaired) electrons. The van der Waals surface area contributed by atoms with Gasteiger partial charge in [0.2, 0.25) is 0 Å². The van der Waals surface area contributed by atoms with Gasteiger partial charge in [-0.2, -0.15) is 0 Å². The number of benzene rings is 1. The van der Waals surface area contributed by atoms with E-state index in [1.807, 2.05) is 13.8 Å². The maximum atomic E-state index is 10.4. The van der Waals surface area contributed by atoms with Crippen molar-refractivity contribution in [2.24, 2.45) is 0 Å². The van der Waals surface area contributed by atoms with Gasteiger partial charge in [0.1, 0.15) is 0 Å². The Kier molecular flexibility index (Phi) is 4.55. The Morgan fingerprint density at radius 2 is 1.62 bits per heavy atom. The van der Waals surface area contributed by atoms with Crippen LogP contribution in [0.15, 0.2) is 18.2 Å². The van der Waals surface area contributed by atoms with Crippen molar-refractivity contribution in [1.82, 2.24) is 0 Å². The first-order valence-corrected chi connectivity index (χ1v) is 6.42. The molecule has 1 saturated carbocycles. The van der Waals surface area contributed by atoms with Gasteiger partial charge in [0.05, 0.1) is 5.60 Å². The molecule has 1 N–H and O–H groups in total. The zero-order chi connectivity index (χ0) is 12.2. The molecule has 1 aromatic rings. The first kappa shape index (κ1) is 13.2. The molecule has 2 rings (SSSR count). The molecule has 1 aliphatic carbocycles. The zero-order valence-electron chi connectivity index (χ0n) is 11.0. The monoisotopic (exact) mass is 220 g/mol. The maximum absolute atomic E-state index is 10.4. The second-order valence-electron chi connectivity index (χ2n) is 4.56. The quantitative estimate of drug-likeness (QED) is 0.755. The van der Waals surface area contributed by atoms with Crippen molar-refractivity contribution in [2.75, 3.05) is 0 Å².